The first-order chi connectivity index (χ1) is 19.9. The van der Waals surface area contributed by atoms with Crippen LogP contribution in [0.4, 0.5) is 0 Å². The van der Waals surface area contributed by atoms with Crippen molar-refractivity contribution >= 4 is 41.7 Å². The highest BCUT2D eigenvalue weighted by Crippen LogP contribution is 2.39. The highest BCUT2D eigenvalue weighted by atomic mass is 35.5. The minimum absolute atomic E-state index is 0.394. The van der Waals surface area contributed by atoms with Gasteiger partial charge in [-0.2, -0.15) is 5.10 Å². The summed E-state index contributed by atoms with van der Waals surface area (Å²) in [6, 6.07) is 10.6. The molecule has 1 fully saturated rings. The summed E-state index contributed by atoms with van der Waals surface area (Å²) in [5.74, 6) is 2.46. The summed E-state index contributed by atoms with van der Waals surface area (Å²) in [7, 11) is -1.16. The molecule has 1 aliphatic carbocycles. The number of aromatic nitrogens is 6. The van der Waals surface area contributed by atoms with Gasteiger partial charge >= 0.3 is 0 Å². The minimum atomic E-state index is -1.16. The fourth-order valence-electron chi connectivity index (χ4n) is 5.53. The van der Waals surface area contributed by atoms with Crippen LogP contribution in [0.2, 0.25) is 30.7 Å². The van der Waals surface area contributed by atoms with E-state index in [4.69, 9.17) is 31.0 Å². The molecule has 2 aromatic carbocycles. The maximum absolute atomic E-state index is 10.0. The second kappa shape index (κ2) is 11.1. The van der Waals surface area contributed by atoms with E-state index in [1.165, 1.54) is 0 Å². The van der Waals surface area contributed by atoms with Gasteiger partial charge in [0.05, 0.1) is 40.2 Å². The molecule has 0 amide bonds. The Morgan fingerprint density at radius 1 is 1.10 bits per heavy atom. The molecule has 1 N–H and O–H groups in total. The zero-order valence-corrected chi connectivity index (χ0v) is 26.5. The number of hydrogen-bond donors (Lipinski definition) is 1. The van der Waals surface area contributed by atoms with Crippen molar-refractivity contribution in [2.45, 2.75) is 71.3 Å². The summed E-state index contributed by atoms with van der Waals surface area (Å²) in [5.41, 5.74) is 4.07. The molecule has 5 aromatic rings. The van der Waals surface area contributed by atoms with Crippen molar-refractivity contribution in [1.29, 1.82) is 0 Å². The van der Waals surface area contributed by atoms with Gasteiger partial charge < -0.3 is 19.1 Å². The van der Waals surface area contributed by atoms with Gasteiger partial charge in [0.15, 0.2) is 0 Å². The molecule has 9 nitrogen and oxygen atoms in total. The van der Waals surface area contributed by atoms with E-state index in [9.17, 15) is 5.11 Å². The molecule has 220 valence electrons. The van der Waals surface area contributed by atoms with Crippen molar-refractivity contribution in [3.05, 3.63) is 59.8 Å². The fraction of sp³-hybridized carbons (Fsp3) is 0.419. The lowest BCUT2D eigenvalue weighted by atomic mass is 9.72. The Bertz CT molecular complexity index is 1750. The highest BCUT2D eigenvalue weighted by molar-refractivity contribution is 6.76. The Kier molecular flexibility index (Phi) is 7.59. The molecule has 1 saturated carbocycles. The van der Waals surface area contributed by atoms with Crippen LogP contribution < -0.4 is 4.74 Å². The average Bonchev–Trinajstić information content (AvgIpc) is 3.50. The van der Waals surface area contributed by atoms with Crippen LogP contribution in [0, 0.1) is 12.8 Å². The van der Waals surface area contributed by atoms with Crippen LogP contribution in [0.25, 0.3) is 33.3 Å². The van der Waals surface area contributed by atoms with Gasteiger partial charge in [-0.05, 0) is 62.9 Å². The van der Waals surface area contributed by atoms with E-state index < -0.39 is 13.7 Å². The van der Waals surface area contributed by atoms with E-state index in [0.29, 0.717) is 45.9 Å². The molecule has 3 aromatic heterocycles. The molecule has 0 bridgehead atoms. The number of aliphatic hydroxyl groups is 1. The molecule has 0 aliphatic heterocycles. The number of hydrogen-bond acceptors (Lipinski definition) is 7. The third-order valence-electron chi connectivity index (χ3n) is 7.80. The van der Waals surface area contributed by atoms with Crippen LogP contribution in [0.15, 0.2) is 48.9 Å². The van der Waals surface area contributed by atoms with Crippen molar-refractivity contribution in [1.82, 2.24) is 29.3 Å². The lowest BCUT2D eigenvalue weighted by molar-refractivity contribution is -0.0626. The number of benzene rings is 2. The third-order valence-corrected chi connectivity index (χ3v) is 9.87. The zero-order chi connectivity index (χ0) is 29.6. The predicted octanol–water partition coefficient (Wildman–Crippen LogP) is 7.07. The second-order valence-corrected chi connectivity index (χ2v) is 18.9. The molecule has 0 radical (unpaired) electrons. The smallest absolute Gasteiger partial charge is 0.148 e. The number of nitrogens with zero attached hydrogens (tertiary/aromatic N) is 6. The monoisotopic (exact) mass is 604 g/mol. The molecule has 0 saturated heterocycles. The molecule has 0 atom stereocenters. The van der Waals surface area contributed by atoms with Crippen LogP contribution in [0.1, 0.15) is 25.6 Å². The van der Waals surface area contributed by atoms with Crippen molar-refractivity contribution in [2.24, 2.45) is 5.92 Å². The van der Waals surface area contributed by atoms with Crippen LogP contribution in [-0.4, -0.2) is 54.7 Å². The Labute approximate surface area is 251 Å². The zero-order valence-electron chi connectivity index (χ0n) is 24.8. The number of halogens is 1. The van der Waals surface area contributed by atoms with Crippen LogP contribution in [0.5, 0.6) is 11.5 Å². The van der Waals surface area contributed by atoms with Crippen molar-refractivity contribution in [3.8, 4) is 22.8 Å². The molecule has 11 heteroatoms. The third kappa shape index (κ3) is 6.22. The summed E-state index contributed by atoms with van der Waals surface area (Å²) < 4.78 is 16.3. The number of rotatable bonds is 10. The van der Waals surface area contributed by atoms with Crippen LogP contribution >= 0.6 is 11.6 Å². The Morgan fingerprint density at radius 2 is 1.88 bits per heavy atom. The van der Waals surface area contributed by atoms with E-state index >= 15 is 0 Å². The first-order valence-corrected chi connectivity index (χ1v) is 18.5. The number of ether oxygens (including phenoxy) is 2. The van der Waals surface area contributed by atoms with Gasteiger partial charge in [-0.1, -0.05) is 31.2 Å². The minimum Gasteiger partial charge on any atom is -0.456 e. The summed E-state index contributed by atoms with van der Waals surface area (Å²) in [4.78, 5) is 14.1. The first kappa shape index (κ1) is 28.8. The largest absolute Gasteiger partial charge is 0.456 e. The normalized spacial score (nSPS) is 19.0. The topological polar surface area (TPSA) is 100 Å². The van der Waals surface area contributed by atoms with Crippen molar-refractivity contribution < 1.29 is 14.6 Å². The van der Waals surface area contributed by atoms with Crippen LogP contribution in [0.3, 0.4) is 0 Å². The van der Waals surface area contributed by atoms with Gasteiger partial charge in [0.25, 0.3) is 0 Å². The van der Waals surface area contributed by atoms with Gasteiger partial charge in [0.2, 0.25) is 0 Å². The number of fused-ring (bicyclic) bond motifs is 2. The Morgan fingerprint density at radius 3 is 2.64 bits per heavy atom. The lowest BCUT2D eigenvalue weighted by Gasteiger charge is -2.40. The molecule has 0 spiro atoms. The molecule has 42 heavy (non-hydrogen) atoms. The van der Waals surface area contributed by atoms with Crippen molar-refractivity contribution in [3.63, 3.8) is 0 Å². The average molecular weight is 605 g/mol. The second-order valence-electron chi connectivity index (χ2n) is 12.9. The summed E-state index contributed by atoms with van der Waals surface area (Å²) in [5, 5.41) is 14.9. The lowest BCUT2D eigenvalue weighted by Crippen LogP contribution is -2.42. The van der Waals surface area contributed by atoms with E-state index in [1.807, 2.05) is 55.1 Å². The standard InChI is InChI=1S/C31H37ClN6O3Si/c1-20-35-24-7-6-23(12-27(24)38(20)19-40-10-11-42(3,4)5)41-28-9-8-25-30(29(28)32)36-26(16-33-25)22-15-34-37(18-22)17-21-13-31(2,39)14-21/h6-9,12,15-16,18,21,39H,10-11,13-14,17,19H2,1-5H3. The Hall–Kier alpha value is -3.31. The quantitative estimate of drug-likeness (QED) is 0.134. The van der Waals surface area contributed by atoms with E-state index in [-0.39, 0.29) is 0 Å². The van der Waals surface area contributed by atoms with E-state index in [0.717, 1.165) is 54.5 Å². The highest BCUT2D eigenvalue weighted by Gasteiger charge is 2.38. The van der Waals surface area contributed by atoms with Gasteiger partial charge in [-0.3, -0.25) is 9.67 Å². The van der Waals surface area contributed by atoms with Crippen molar-refractivity contribution in [2.75, 3.05) is 6.61 Å². The molecule has 6 rings (SSSR count). The van der Waals surface area contributed by atoms with E-state index in [2.05, 4.69) is 34.3 Å². The number of aryl methyl sites for hydroxylation is 1. The SMILES string of the molecule is Cc1nc2ccc(Oc3ccc4ncc(-c5cnn(CC6CC(C)(O)C6)c5)nc4c3Cl)cc2n1COCC[Si](C)(C)C. The molecular weight excluding hydrogens is 568 g/mol. The van der Waals surface area contributed by atoms with Crippen LogP contribution in [-0.2, 0) is 18.0 Å². The summed E-state index contributed by atoms with van der Waals surface area (Å²) in [6.45, 7) is 12.9. The Balaban J connectivity index is 1.21. The predicted molar refractivity (Wildman–Crippen MR) is 168 cm³/mol. The van der Waals surface area contributed by atoms with Gasteiger partial charge in [-0.25, -0.2) is 9.97 Å². The van der Waals surface area contributed by atoms with Gasteiger partial charge in [0, 0.05) is 39.1 Å². The van der Waals surface area contributed by atoms with Gasteiger partial charge in [0.1, 0.15) is 34.6 Å². The maximum atomic E-state index is 10.0. The maximum Gasteiger partial charge on any atom is 0.148 e. The van der Waals surface area contributed by atoms with Gasteiger partial charge in [-0.15, -0.1) is 0 Å². The molecule has 1 aliphatic rings. The summed E-state index contributed by atoms with van der Waals surface area (Å²) in [6.07, 6.45) is 7.07. The first-order valence-electron chi connectivity index (χ1n) is 14.4. The van der Waals surface area contributed by atoms with E-state index in [1.54, 1.807) is 12.4 Å². The molecule has 0 unspecified atom stereocenters. The fourth-order valence-corrected chi connectivity index (χ4v) is 6.53. The molecule has 3 heterocycles. The molecular formula is C31H37ClN6O3Si. The summed E-state index contributed by atoms with van der Waals surface area (Å²) >= 11 is 6.85. The number of imidazole rings is 1.